The van der Waals surface area contributed by atoms with Crippen molar-refractivity contribution in [3.63, 3.8) is 0 Å². The van der Waals surface area contributed by atoms with Crippen molar-refractivity contribution in [1.29, 1.82) is 0 Å². The van der Waals surface area contributed by atoms with Crippen LogP contribution in [-0.4, -0.2) is 23.8 Å². The van der Waals surface area contributed by atoms with Crippen LogP contribution in [0.2, 0.25) is 0 Å². The van der Waals surface area contributed by atoms with Crippen LogP contribution >= 0.6 is 0 Å². The SMILES string of the molecule is CC1CCN(C(F)(F)F)C1C. The zero-order chi connectivity index (χ0) is 8.65. The van der Waals surface area contributed by atoms with E-state index in [1.165, 1.54) is 0 Å². The van der Waals surface area contributed by atoms with Gasteiger partial charge in [-0.25, -0.2) is 4.90 Å². The van der Waals surface area contributed by atoms with Gasteiger partial charge >= 0.3 is 6.30 Å². The lowest BCUT2D eigenvalue weighted by atomic mass is 10.1. The monoisotopic (exact) mass is 167 g/mol. The van der Waals surface area contributed by atoms with Crippen molar-refractivity contribution in [3.05, 3.63) is 0 Å². The van der Waals surface area contributed by atoms with Crippen LogP contribution in [0.15, 0.2) is 0 Å². The molecule has 0 radical (unpaired) electrons. The van der Waals surface area contributed by atoms with Crippen molar-refractivity contribution in [3.8, 4) is 0 Å². The molecule has 1 aliphatic heterocycles. The topological polar surface area (TPSA) is 3.24 Å². The van der Waals surface area contributed by atoms with Crippen LogP contribution in [0.1, 0.15) is 20.3 Å². The summed E-state index contributed by atoms with van der Waals surface area (Å²) in [7, 11) is 0. The predicted octanol–water partition coefficient (Wildman–Crippen LogP) is 2.24. The second-order valence-electron chi connectivity index (χ2n) is 3.17. The molecule has 11 heavy (non-hydrogen) atoms. The van der Waals surface area contributed by atoms with Crippen molar-refractivity contribution < 1.29 is 13.2 Å². The van der Waals surface area contributed by atoms with Crippen LogP contribution in [0.25, 0.3) is 0 Å². The molecule has 0 saturated carbocycles. The minimum absolute atomic E-state index is 0.159. The first-order valence-corrected chi connectivity index (χ1v) is 3.76. The van der Waals surface area contributed by atoms with Crippen LogP contribution in [0, 0.1) is 5.92 Å². The maximum absolute atomic E-state index is 12.1. The Bertz CT molecular complexity index is 143. The van der Waals surface area contributed by atoms with Crippen molar-refractivity contribution in [2.45, 2.75) is 32.6 Å². The van der Waals surface area contributed by atoms with Gasteiger partial charge < -0.3 is 0 Å². The number of rotatable bonds is 0. The van der Waals surface area contributed by atoms with Crippen LogP contribution < -0.4 is 0 Å². The summed E-state index contributed by atoms with van der Waals surface area (Å²) in [5.41, 5.74) is 0. The first kappa shape index (κ1) is 8.84. The molecule has 0 aromatic heterocycles. The molecule has 4 heteroatoms. The van der Waals surface area contributed by atoms with Gasteiger partial charge in [0.15, 0.2) is 0 Å². The van der Waals surface area contributed by atoms with Crippen LogP contribution in [-0.2, 0) is 0 Å². The van der Waals surface area contributed by atoms with Gasteiger partial charge in [0.2, 0.25) is 0 Å². The van der Waals surface area contributed by atoms with Gasteiger partial charge in [-0.05, 0) is 19.3 Å². The van der Waals surface area contributed by atoms with E-state index in [-0.39, 0.29) is 18.5 Å². The number of hydrogen-bond acceptors (Lipinski definition) is 1. The lowest BCUT2D eigenvalue weighted by Gasteiger charge is -2.25. The van der Waals surface area contributed by atoms with E-state index in [9.17, 15) is 13.2 Å². The first-order chi connectivity index (χ1) is 4.93. The van der Waals surface area contributed by atoms with E-state index in [2.05, 4.69) is 0 Å². The molecule has 0 aromatic rings. The Balaban J connectivity index is 2.62. The minimum atomic E-state index is -4.13. The van der Waals surface area contributed by atoms with Crippen LogP contribution in [0.5, 0.6) is 0 Å². The molecule has 0 amide bonds. The summed E-state index contributed by atoms with van der Waals surface area (Å²) in [6, 6.07) is -0.352. The van der Waals surface area contributed by atoms with E-state index in [4.69, 9.17) is 0 Å². The molecule has 0 aliphatic carbocycles. The van der Waals surface area contributed by atoms with E-state index in [1.54, 1.807) is 6.92 Å². The maximum Gasteiger partial charge on any atom is 0.460 e. The third-order valence-corrected chi connectivity index (χ3v) is 2.47. The number of hydrogen-bond donors (Lipinski definition) is 0. The Morgan fingerprint density at radius 1 is 1.27 bits per heavy atom. The van der Waals surface area contributed by atoms with Crippen molar-refractivity contribution >= 4 is 0 Å². The smallest absolute Gasteiger partial charge is 0.211 e. The second kappa shape index (κ2) is 2.66. The summed E-state index contributed by atoms with van der Waals surface area (Å²) < 4.78 is 36.3. The summed E-state index contributed by atoms with van der Waals surface area (Å²) in [5, 5.41) is 0. The van der Waals surface area contributed by atoms with Crippen molar-refractivity contribution in [1.82, 2.24) is 4.90 Å². The largest absolute Gasteiger partial charge is 0.460 e. The fourth-order valence-electron chi connectivity index (χ4n) is 1.45. The zero-order valence-electron chi connectivity index (χ0n) is 6.65. The normalized spacial score (nSPS) is 34.6. The summed E-state index contributed by atoms with van der Waals surface area (Å²) in [6.07, 6.45) is -3.48. The van der Waals surface area contributed by atoms with Crippen LogP contribution in [0.3, 0.4) is 0 Å². The molecule has 0 bridgehead atoms. The molecule has 1 aliphatic rings. The van der Waals surface area contributed by atoms with Gasteiger partial charge in [0.25, 0.3) is 0 Å². The molecule has 1 nitrogen and oxygen atoms in total. The highest BCUT2D eigenvalue weighted by molar-refractivity contribution is 4.82. The van der Waals surface area contributed by atoms with Gasteiger partial charge in [-0.3, -0.25) is 0 Å². The number of nitrogens with zero attached hydrogens (tertiary/aromatic N) is 1. The Morgan fingerprint density at radius 3 is 2.00 bits per heavy atom. The van der Waals surface area contributed by atoms with E-state index in [0.29, 0.717) is 11.3 Å². The molecule has 1 saturated heterocycles. The highest BCUT2D eigenvalue weighted by Crippen LogP contribution is 2.33. The average molecular weight is 167 g/mol. The molecular weight excluding hydrogens is 155 g/mol. The molecule has 0 spiro atoms. The van der Waals surface area contributed by atoms with E-state index in [1.807, 2.05) is 6.92 Å². The van der Waals surface area contributed by atoms with Crippen molar-refractivity contribution in [2.24, 2.45) is 5.92 Å². The molecule has 0 N–H and O–H groups in total. The Morgan fingerprint density at radius 2 is 1.82 bits per heavy atom. The second-order valence-corrected chi connectivity index (χ2v) is 3.17. The standard InChI is InChI=1S/C7H12F3N/c1-5-3-4-11(6(5)2)7(8,9)10/h5-6H,3-4H2,1-2H3. The molecular formula is C7H12F3N. The minimum Gasteiger partial charge on any atom is -0.211 e. The Kier molecular flexibility index (Phi) is 2.14. The van der Waals surface area contributed by atoms with Gasteiger partial charge in [0.05, 0.1) is 0 Å². The van der Waals surface area contributed by atoms with Gasteiger partial charge in [0.1, 0.15) is 0 Å². The molecule has 1 rings (SSSR count). The first-order valence-electron chi connectivity index (χ1n) is 3.76. The summed E-state index contributed by atoms with van der Waals surface area (Å²) in [6.45, 7) is 3.65. The quantitative estimate of drug-likeness (QED) is 0.500. The fourth-order valence-corrected chi connectivity index (χ4v) is 1.45. The summed E-state index contributed by atoms with van der Waals surface area (Å²) >= 11 is 0. The molecule has 0 aromatic carbocycles. The number of likely N-dealkylation sites (tertiary alicyclic amines) is 1. The molecule has 1 heterocycles. The molecule has 1 fully saturated rings. The summed E-state index contributed by atoms with van der Waals surface area (Å²) in [5.74, 6) is 0.164. The average Bonchev–Trinajstić information content (AvgIpc) is 2.11. The van der Waals surface area contributed by atoms with Gasteiger partial charge in [-0.1, -0.05) is 6.92 Å². The third-order valence-electron chi connectivity index (χ3n) is 2.47. The highest BCUT2D eigenvalue weighted by atomic mass is 19.4. The Hall–Kier alpha value is -0.250. The maximum atomic E-state index is 12.1. The predicted molar refractivity (Wildman–Crippen MR) is 36.0 cm³/mol. The van der Waals surface area contributed by atoms with E-state index in [0.717, 1.165) is 0 Å². The van der Waals surface area contributed by atoms with Gasteiger partial charge in [-0.15, -0.1) is 0 Å². The van der Waals surface area contributed by atoms with Crippen LogP contribution in [0.4, 0.5) is 13.2 Å². The molecule has 66 valence electrons. The number of halogens is 3. The molecule has 2 unspecified atom stereocenters. The lowest BCUT2D eigenvalue weighted by Crippen LogP contribution is -2.41. The van der Waals surface area contributed by atoms with E-state index >= 15 is 0 Å². The zero-order valence-corrected chi connectivity index (χ0v) is 6.65. The molecule has 2 atom stereocenters. The Labute approximate surface area is 64.2 Å². The van der Waals surface area contributed by atoms with Gasteiger partial charge in [0, 0.05) is 12.6 Å². The third kappa shape index (κ3) is 1.67. The fraction of sp³-hybridized carbons (Fsp3) is 1.00. The number of alkyl halides is 3. The van der Waals surface area contributed by atoms with Gasteiger partial charge in [-0.2, -0.15) is 13.2 Å². The lowest BCUT2D eigenvalue weighted by molar-refractivity contribution is -0.249. The van der Waals surface area contributed by atoms with E-state index < -0.39 is 6.30 Å². The van der Waals surface area contributed by atoms with Crippen molar-refractivity contribution in [2.75, 3.05) is 6.54 Å². The highest BCUT2D eigenvalue weighted by Gasteiger charge is 2.44. The summed E-state index contributed by atoms with van der Waals surface area (Å²) in [4.78, 5) is 0.609.